The highest BCUT2D eigenvalue weighted by molar-refractivity contribution is 5.83. The molecule has 2 aromatic rings. The Bertz CT molecular complexity index is 820. The molecule has 1 aliphatic carbocycles. The van der Waals surface area contributed by atoms with Crippen LogP contribution >= 0.6 is 0 Å². The van der Waals surface area contributed by atoms with Crippen molar-refractivity contribution in [2.24, 2.45) is 0 Å². The fourth-order valence-corrected chi connectivity index (χ4v) is 3.88. The fraction of sp³-hybridized carbons (Fsp3) is 0.450. The van der Waals surface area contributed by atoms with E-state index in [0.29, 0.717) is 17.4 Å². The molecule has 136 valence electrons. The number of anilines is 2. The molecule has 0 radical (unpaired) electrons. The molecule has 3 N–H and O–H groups in total. The van der Waals surface area contributed by atoms with E-state index in [1.807, 2.05) is 18.2 Å². The van der Waals surface area contributed by atoms with Gasteiger partial charge >= 0.3 is 0 Å². The van der Waals surface area contributed by atoms with Crippen molar-refractivity contribution in [3.8, 4) is 0 Å². The molecule has 0 amide bonds. The lowest BCUT2D eigenvalue weighted by atomic mass is 9.95. The molecule has 0 spiro atoms. The summed E-state index contributed by atoms with van der Waals surface area (Å²) in [5.41, 5.74) is 1.31. The standard InChI is InChI=1S/C20H25N5O/c21-11-17-19(22-15-7-3-1-4-8-15)23-18(24-20(17)26)14-12-25(13-14)16-9-5-2-6-10-16/h2,5-6,9-11,14-15,21H,1,3-4,7-8,12-13H2,(H2,22,23,24,26). The maximum Gasteiger partial charge on any atom is 0.261 e. The van der Waals surface area contributed by atoms with Crippen molar-refractivity contribution in [1.82, 2.24) is 9.97 Å². The Morgan fingerprint density at radius 3 is 2.58 bits per heavy atom. The summed E-state index contributed by atoms with van der Waals surface area (Å²) in [5, 5.41) is 11.0. The van der Waals surface area contributed by atoms with Crippen LogP contribution in [0.2, 0.25) is 0 Å². The predicted molar refractivity (Wildman–Crippen MR) is 105 cm³/mol. The molecule has 2 fully saturated rings. The van der Waals surface area contributed by atoms with Crippen molar-refractivity contribution >= 4 is 17.7 Å². The van der Waals surface area contributed by atoms with Crippen LogP contribution in [0.1, 0.15) is 49.4 Å². The molecule has 1 aliphatic heterocycles. The topological polar surface area (TPSA) is 84.9 Å². The van der Waals surface area contributed by atoms with Gasteiger partial charge in [0.1, 0.15) is 11.6 Å². The molecule has 1 aromatic heterocycles. The Morgan fingerprint density at radius 1 is 1.15 bits per heavy atom. The third kappa shape index (κ3) is 3.36. The van der Waals surface area contributed by atoms with E-state index in [0.717, 1.165) is 38.0 Å². The second-order valence-corrected chi connectivity index (χ2v) is 7.27. The van der Waals surface area contributed by atoms with Gasteiger partial charge in [0, 0.05) is 31.0 Å². The third-order valence-electron chi connectivity index (χ3n) is 5.45. The lowest BCUT2D eigenvalue weighted by Gasteiger charge is -2.40. The smallest absolute Gasteiger partial charge is 0.261 e. The third-order valence-corrected chi connectivity index (χ3v) is 5.45. The maximum atomic E-state index is 12.4. The summed E-state index contributed by atoms with van der Waals surface area (Å²) in [6.07, 6.45) is 7.02. The van der Waals surface area contributed by atoms with Crippen molar-refractivity contribution in [3.05, 3.63) is 52.1 Å². The fourth-order valence-electron chi connectivity index (χ4n) is 3.88. The van der Waals surface area contributed by atoms with Gasteiger partial charge in [-0.1, -0.05) is 37.5 Å². The molecule has 1 aromatic carbocycles. The van der Waals surface area contributed by atoms with Crippen LogP contribution in [0.3, 0.4) is 0 Å². The van der Waals surface area contributed by atoms with Crippen molar-refractivity contribution in [3.63, 3.8) is 0 Å². The van der Waals surface area contributed by atoms with Gasteiger partial charge in [-0.3, -0.25) is 4.79 Å². The summed E-state index contributed by atoms with van der Waals surface area (Å²) >= 11 is 0. The number of aromatic amines is 1. The van der Waals surface area contributed by atoms with Crippen LogP contribution in [0.4, 0.5) is 11.5 Å². The monoisotopic (exact) mass is 351 g/mol. The SMILES string of the molecule is N=Cc1c(NC2CCCCC2)nc(C2CN(c3ccccc3)C2)[nH]c1=O. The van der Waals surface area contributed by atoms with E-state index in [1.54, 1.807) is 0 Å². The minimum Gasteiger partial charge on any atom is -0.370 e. The van der Waals surface area contributed by atoms with E-state index in [9.17, 15) is 4.79 Å². The van der Waals surface area contributed by atoms with Crippen molar-refractivity contribution in [1.29, 1.82) is 5.41 Å². The molecular weight excluding hydrogens is 326 g/mol. The van der Waals surface area contributed by atoms with Crippen LogP contribution in [0, 0.1) is 5.41 Å². The lowest BCUT2D eigenvalue weighted by molar-refractivity contribution is 0.460. The summed E-state index contributed by atoms with van der Waals surface area (Å²) in [6, 6.07) is 10.6. The number of hydrogen-bond acceptors (Lipinski definition) is 5. The highest BCUT2D eigenvalue weighted by Crippen LogP contribution is 2.30. The zero-order valence-corrected chi connectivity index (χ0v) is 14.9. The normalized spacial score (nSPS) is 18.4. The zero-order chi connectivity index (χ0) is 17.9. The highest BCUT2D eigenvalue weighted by Gasteiger charge is 2.31. The molecule has 1 saturated carbocycles. The van der Waals surface area contributed by atoms with Crippen LogP contribution in [0.15, 0.2) is 35.1 Å². The number of nitrogens with one attached hydrogen (secondary N) is 3. The molecule has 2 heterocycles. The van der Waals surface area contributed by atoms with Gasteiger partial charge in [-0.15, -0.1) is 0 Å². The first-order valence-electron chi connectivity index (χ1n) is 9.46. The van der Waals surface area contributed by atoms with Crippen LogP contribution < -0.4 is 15.8 Å². The van der Waals surface area contributed by atoms with E-state index in [4.69, 9.17) is 10.4 Å². The number of rotatable bonds is 5. The molecule has 6 nitrogen and oxygen atoms in total. The van der Waals surface area contributed by atoms with Crippen molar-refractivity contribution < 1.29 is 0 Å². The molecule has 1 saturated heterocycles. The Morgan fingerprint density at radius 2 is 1.88 bits per heavy atom. The Labute approximate surface area is 153 Å². The van der Waals surface area contributed by atoms with Gasteiger partial charge in [-0.05, 0) is 25.0 Å². The van der Waals surface area contributed by atoms with Gasteiger partial charge in [-0.25, -0.2) is 4.98 Å². The molecule has 4 rings (SSSR count). The first-order chi connectivity index (χ1) is 12.7. The average Bonchev–Trinajstić information content (AvgIpc) is 2.62. The molecule has 0 unspecified atom stereocenters. The summed E-state index contributed by atoms with van der Waals surface area (Å²) in [5.74, 6) is 1.52. The number of para-hydroxylation sites is 1. The molecule has 0 bridgehead atoms. The quantitative estimate of drug-likeness (QED) is 0.723. The van der Waals surface area contributed by atoms with E-state index < -0.39 is 0 Å². The van der Waals surface area contributed by atoms with E-state index in [2.05, 4.69) is 27.3 Å². The second-order valence-electron chi connectivity index (χ2n) is 7.27. The first kappa shape index (κ1) is 16.8. The maximum absolute atomic E-state index is 12.4. The minimum absolute atomic E-state index is 0.217. The van der Waals surface area contributed by atoms with Gasteiger partial charge in [0.2, 0.25) is 0 Å². The van der Waals surface area contributed by atoms with E-state index >= 15 is 0 Å². The first-order valence-corrected chi connectivity index (χ1v) is 9.46. The molecule has 26 heavy (non-hydrogen) atoms. The van der Waals surface area contributed by atoms with E-state index in [1.165, 1.54) is 24.9 Å². The van der Waals surface area contributed by atoms with Crippen LogP contribution in [-0.2, 0) is 0 Å². The Hall–Kier alpha value is -2.63. The van der Waals surface area contributed by atoms with Crippen molar-refractivity contribution in [2.75, 3.05) is 23.3 Å². The second kappa shape index (κ2) is 7.32. The summed E-state index contributed by atoms with van der Waals surface area (Å²) < 4.78 is 0. The number of aromatic nitrogens is 2. The largest absolute Gasteiger partial charge is 0.370 e. The van der Waals surface area contributed by atoms with E-state index in [-0.39, 0.29) is 11.5 Å². The molecule has 6 heteroatoms. The number of H-pyrrole nitrogens is 1. The number of hydrogen-bond donors (Lipinski definition) is 3. The van der Waals surface area contributed by atoms with Crippen LogP contribution in [-0.4, -0.2) is 35.3 Å². The molecule has 0 atom stereocenters. The minimum atomic E-state index is -0.221. The molecule has 2 aliphatic rings. The van der Waals surface area contributed by atoms with Gasteiger partial charge in [0.05, 0.1) is 11.5 Å². The summed E-state index contributed by atoms with van der Waals surface area (Å²) in [4.78, 5) is 22.3. The van der Waals surface area contributed by atoms with Gasteiger partial charge < -0.3 is 20.6 Å². The average molecular weight is 351 g/mol. The highest BCUT2D eigenvalue weighted by atomic mass is 16.1. The molecular formula is C20H25N5O. The van der Waals surface area contributed by atoms with Crippen molar-refractivity contribution in [2.45, 2.75) is 44.1 Å². The predicted octanol–water partition coefficient (Wildman–Crippen LogP) is 3.12. The number of nitrogens with zero attached hydrogens (tertiary/aromatic N) is 2. The van der Waals surface area contributed by atoms with Crippen LogP contribution in [0.25, 0.3) is 0 Å². The van der Waals surface area contributed by atoms with Gasteiger partial charge in [0.25, 0.3) is 5.56 Å². The zero-order valence-electron chi connectivity index (χ0n) is 14.9. The Kier molecular flexibility index (Phi) is 4.73. The van der Waals surface area contributed by atoms with Gasteiger partial charge in [0.15, 0.2) is 0 Å². The Balaban J connectivity index is 1.52. The lowest BCUT2D eigenvalue weighted by Crippen LogP contribution is -2.46. The number of benzene rings is 1. The summed E-state index contributed by atoms with van der Waals surface area (Å²) in [7, 11) is 0. The summed E-state index contributed by atoms with van der Waals surface area (Å²) in [6.45, 7) is 1.69. The van der Waals surface area contributed by atoms with Gasteiger partial charge in [-0.2, -0.15) is 0 Å². The van der Waals surface area contributed by atoms with Crippen LogP contribution in [0.5, 0.6) is 0 Å².